The summed E-state index contributed by atoms with van der Waals surface area (Å²) in [6, 6.07) is 5.95. The lowest BCUT2D eigenvalue weighted by molar-refractivity contribution is 0.174. The third-order valence-electron chi connectivity index (χ3n) is 4.96. The third-order valence-corrected chi connectivity index (χ3v) is 6.02. The van der Waals surface area contributed by atoms with Crippen LogP contribution in [0.3, 0.4) is 0 Å². The minimum absolute atomic E-state index is 0.228. The number of anilines is 1. The fourth-order valence-corrected chi connectivity index (χ4v) is 4.58. The SMILES string of the molecule is C=C(C)c1cc2c(cc1Sc1nc3c(N)nccc3n1CCNCC(C)(C)C)OCO2. The van der Waals surface area contributed by atoms with Crippen LogP contribution in [0.1, 0.15) is 33.3 Å². The van der Waals surface area contributed by atoms with E-state index in [2.05, 4.69) is 42.2 Å². The molecule has 7 nitrogen and oxygen atoms in total. The Morgan fingerprint density at radius 1 is 1.29 bits per heavy atom. The fraction of sp³-hybridized carbons (Fsp3) is 0.391. The summed E-state index contributed by atoms with van der Waals surface area (Å²) in [5.74, 6) is 1.92. The largest absolute Gasteiger partial charge is 0.454 e. The van der Waals surface area contributed by atoms with Gasteiger partial charge in [-0.05, 0) is 41.7 Å². The number of hydrogen-bond donors (Lipinski definition) is 2. The van der Waals surface area contributed by atoms with E-state index < -0.39 is 0 Å². The van der Waals surface area contributed by atoms with Gasteiger partial charge in [0.15, 0.2) is 22.5 Å². The number of nitrogen functional groups attached to an aromatic ring is 1. The van der Waals surface area contributed by atoms with Gasteiger partial charge in [0, 0.05) is 30.7 Å². The van der Waals surface area contributed by atoms with Gasteiger partial charge >= 0.3 is 0 Å². The topological polar surface area (TPSA) is 87.2 Å². The second kappa shape index (κ2) is 8.43. The molecule has 4 rings (SSSR count). The molecule has 0 aliphatic carbocycles. The first-order chi connectivity index (χ1) is 14.7. The molecule has 0 spiro atoms. The number of fused-ring (bicyclic) bond motifs is 2. The van der Waals surface area contributed by atoms with E-state index in [9.17, 15) is 0 Å². The summed E-state index contributed by atoms with van der Waals surface area (Å²) in [5, 5.41) is 4.40. The van der Waals surface area contributed by atoms with Gasteiger partial charge in [-0.25, -0.2) is 9.97 Å². The number of nitrogens with one attached hydrogen (secondary N) is 1. The van der Waals surface area contributed by atoms with Crippen molar-refractivity contribution in [1.29, 1.82) is 0 Å². The van der Waals surface area contributed by atoms with Crippen LogP contribution in [0.25, 0.3) is 16.6 Å². The van der Waals surface area contributed by atoms with Gasteiger partial charge in [0.25, 0.3) is 0 Å². The van der Waals surface area contributed by atoms with E-state index >= 15 is 0 Å². The number of pyridine rings is 1. The number of nitrogens with zero attached hydrogens (tertiary/aromatic N) is 3. The van der Waals surface area contributed by atoms with E-state index in [-0.39, 0.29) is 12.2 Å². The number of imidazole rings is 1. The van der Waals surface area contributed by atoms with Crippen molar-refractivity contribution in [2.45, 2.75) is 44.3 Å². The van der Waals surface area contributed by atoms with Crippen molar-refractivity contribution in [3.63, 3.8) is 0 Å². The van der Waals surface area contributed by atoms with Crippen molar-refractivity contribution in [2.24, 2.45) is 5.41 Å². The zero-order chi connectivity index (χ0) is 22.2. The van der Waals surface area contributed by atoms with Gasteiger partial charge in [-0.2, -0.15) is 0 Å². The van der Waals surface area contributed by atoms with Crippen LogP contribution in [0.4, 0.5) is 5.82 Å². The molecule has 1 aliphatic rings. The molecule has 0 unspecified atom stereocenters. The van der Waals surface area contributed by atoms with Crippen LogP contribution in [-0.2, 0) is 6.54 Å². The second-order valence-corrected chi connectivity index (χ2v) is 9.94. The predicted octanol–water partition coefficient (Wildman–Crippen LogP) is 4.56. The molecule has 2 aromatic heterocycles. The highest BCUT2D eigenvalue weighted by Crippen LogP contribution is 2.43. The fourth-order valence-electron chi connectivity index (χ4n) is 3.44. The Morgan fingerprint density at radius 2 is 2.03 bits per heavy atom. The van der Waals surface area contributed by atoms with E-state index in [4.69, 9.17) is 20.2 Å². The summed E-state index contributed by atoms with van der Waals surface area (Å²) >= 11 is 1.58. The molecular weight excluding hydrogens is 410 g/mol. The van der Waals surface area contributed by atoms with Gasteiger partial charge in [-0.15, -0.1) is 0 Å². The summed E-state index contributed by atoms with van der Waals surface area (Å²) < 4.78 is 13.3. The number of aromatic nitrogens is 3. The lowest BCUT2D eigenvalue weighted by atomic mass is 9.97. The molecule has 1 aliphatic heterocycles. The second-order valence-electron chi connectivity index (χ2n) is 8.93. The molecule has 0 saturated heterocycles. The highest BCUT2D eigenvalue weighted by molar-refractivity contribution is 7.99. The number of allylic oxidation sites excluding steroid dienone is 1. The zero-order valence-electron chi connectivity index (χ0n) is 18.5. The first-order valence-electron chi connectivity index (χ1n) is 10.3. The minimum atomic E-state index is 0.228. The summed E-state index contributed by atoms with van der Waals surface area (Å²) in [5.41, 5.74) is 10.0. The Kier molecular flexibility index (Phi) is 5.85. The Hall–Kier alpha value is -2.71. The van der Waals surface area contributed by atoms with Gasteiger partial charge in [-0.3, -0.25) is 0 Å². The van der Waals surface area contributed by atoms with Crippen LogP contribution >= 0.6 is 11.8 Å². The van der Waals surface area contributed by atoms with E-state index in [1.807, 2.05) is 25.1 Å². The van der Waals surface area contributed by atoms with Crippen molar-refractivity contribution in [3.8, 4) is 11.5 Å². The first kappa shape index (κ1) is 21.5. The minimum Gasteiger partial charge on any atom is -0.454 e. The molecule has 0 fully saturated rings. The van der Waals surface area contributed by atoms with Gasteiger partial charge < -0.3 is 25.1 Å². The van der Waals surface area contributed by atoms with Gasteiger partial charge in [0.2, 0.25) is 6.79 Å². The number of hydrogen-bond acceptors (Lipinski definition) is 7. The quantitative estimate of drug-likeness (QED) is 0.522. The zero-order valence-corrected chi connectivity index (χ0v) is 19.3. The lowest BCUT2D eigenvalue weighted by Gasteiger charge is -2.19. The molecule has 31 heavy (non-hydrogen) atoms. The summed E-state index contributed by atoms with van der Waals surface area (Å²) in [6.07, 6.45) is 1.73. The molecule has 0 amide bonds. The van der Waals surface area contributed by atoms with Crippen LogP contribution in [0.2, 0.25) is 0 Å². The van der Waals surface area contributed by atoms with E-state index in [0.717, 1.165) is 63.4 Å². The van der Waals surface area contributed by atoms with E-state index in [0.29, 0.717) is 5.82 Å². The summed E-state index contributed by atoms with van der Waals surface area (Å²) in [7, 11) is 0. The highest BCUT2D eigenvalue weighted by Gasteiger charge is 2.21. The van der Waals surface area contributed by atoms with Crippen molar-refractivity contribution >= 4 is 34.2 Å². The van der Waals surface area contributed by atoms with Crippen molar-refractivity contribution in [2.75, 3.05) is 25.6 Å². The first-order valence-corrected chi connectivity index (χ1v) is 11.1. The van der Waals surface area contributed by atoms with Crippen LogP contribution in [0, 0.1) is 5.41 Å². The van der Waals surface area contributed by atoms with Crippen molar-refractivity contribution < 1.29 is 9.47 Å². The van der Waals surface area contributed by atoms with Crippen LogP contribution < -0.4 is 20.5 Å². The predicted molar refractivity (Wildman–Crippen MR) is 126 cm³/mol. The van der Waals surface area contributed by atoms with Crippen LogP contribution in [-0.4, -0.2) is 34.4 Å². The monoisotopic (exact) mass is 439 g/mol. The summed E-state index contributed by atoms with van der Waals surface area (Å²) in [6.45, 7) is 15.6. The molecule has 0 atom stereocenters. The number of benzene rings is 1. The maximum Gasteiger partial charge on any atom is 0.231 e. The molecule has 1 aromatic carbocycles. The van der Waals surface area contributed by atoms with Gasteiger partial charge in [0.05, 0.1) is 5.52 Å². The average Bonchev–Trinajstić information content (AvgIpc) is 3.29. The highest BCUT2D eigenvalue weighted by atomic mass is 32.2. The van der Waals surface area contributed by atoms with Gasteiger partial charge in [-0.1, -0.05) is 39.1 Å². The number of ether oxygens (including phenoxy) is 2. The van der Waals surface area contributed by atoms with Crippen molar-refractivity contribution in [3.05, 3.63) is 36.5 Å². The summed E-state index contributed by atoms with van der Waals surface area (Å²) in [4.78, 5) is 10.1. The molecule has 3 heterocycles. The average molecular weight is 440 g/mol. The van der Waals surface area contributed by atoms with Crippen LogP contribution in [0.5, 0.6) is 11.5 Å². The maximum atomic E-state index is 6.13. The normalized spacial score (nSPS) is 13.2. The van der Waals surface area contributed by atoms with Gasteiger partial charge in [0.1, 0.15) is 5.52 Å². The van der Waals surface area contributed by atoms with Crippen LogP contribution in [0.15, 0.2) is 41.0 Å². The van der Waals surface area contributed by atoms with E-state index in [1.54, 1.807) is 18.0 Å². The molecule has 0 saturated carbocycles. The molecule has 3 aromatic rings. The maximum absolute atomic E-state index is 6.13. The molecule has 3 N–H and O–H groups in total. The van der Waals surface area contributed by atoms with E-state index in [1.165, 1.54) is 0 Å². The molecule has 164 valence electrons. The number of nitrogens with two attached hydrogens (primary N) is 1. The molecule has 0 radical (unpaired) electrons. The Balaban J connectivity index is 1.69. The molecule has 8 heteroatoms. The standard InChI is InChI=1S/C23H29N5O2S/c1-14(2)15-10-17-18(30-13-29-17)11-19(15)31-22-27-20-16(6-7-26-21(20)24)28(22)9-8-25-12-23(3,4)5/h6-7,10-11,25H,1,8-9,12-13H2,2-5H3,(H2,24,26). The third kappa shape index (κ3) is 4.65. The molecule has 0 bridgehead atoms. The number of rotatable bonds is 7. The Labute approximate surface area is 187 Å². The Morgan fingerprint density at radius 3 is 2.74 bits per heavy atom. The lowest BCUT2D eigenvalue weighted by Crippen LogP contribution is -2.29. The Bertz CT molecular complexity index is 1130. The van der Waals surface area contributed by atoms with Crippen molar-refractivity contribution in [1.82, 2.24) is 19.9 Å². The molecular formula is C23H29N5O2S. The smallest absolute Gasteiger partial charge is 0.231 e.